The highest BCUT2D eigenvalue weighted by Crippen LogP contribution is 2.12. The van der Waals surface area contributed by atoms with E-state index in [1.54, 1.807) is 11.6 Å². The van der Waals surface area contributed by atoms with Crippen LogP contribution in [0.5, 0.6) is 0 Å². The summed E-state index contributed by atoms with van der Waals surface area (Å²) in [6.07, 6.45) is 4.09. The lowest BCUT2D eigenvalue weighted by Gasteiger charge is -1.92. The van der Waals surface area contributed by atoms with Gasteiger partial charge in [-0.2, -0.15) is 0 Å². The summed E-state index contributed by atoms with van der Waals surface area (Å²) in [5, 5.41) is 2.74. The monoisotopic (exact) mass is 207 g/mol. The Bertz CT molecular complexity index is 405. The zero-order chi connectivity index (χ0) is 9.80. The van der Waals surface area contributed by atoms with E-state index >= 15 is 0 Å². The average molecular weight is 207 g/mol. The standard InChI is InChI=1S/C10H9NO2S/c12-6-8-7-14-10(11-8)4-3-9-2-1-5-13-9/h1-2,5-7H,3-4H2. The molecule has 2 rings (SSSR count). The van der Waals surface area contributed by atoms with Crippen molar-refractivity contribution in [2.75, 3.05) is 0 Å². The smallest absolute Gasteiger partial charge is 0.169 e. The van der Waals surface area contributed by atoms with Gasteiger partial charge in [-0.1, -0.05) is 0 Å². The number of furan rings is 1. The predicted octanol–water partition coefficient (Wildman–Crippen LogP) is 2.33. The Balaban J connectivity index is 1.95. The molecule has 0 saturated carbocycles. The lowest BCUT2D eigenvalue weighted by atomic mass is 10.2. The molecule has 0 bridgehead atoms. The first kappa shape index (κ1) is 9.15. The van der Waals surface area contributed by atoms with Crippen molar-refractivity contribution < 1.29 is 9.21 Å². The molecular weight excluding hydrogens is 198 g/mol. The minimum atomic E-state index is 0.518. The molecule has 0 aliphatic rings. The van der Waals surface area contributed by atoms with Crippen LogP contribution in [-0.2, 0) is 12.8 Å². The van der Waals surface area contributed by atoms with Gasteiger partial charge in [-0.25, -0.2) is 4.98 Å². The Morgan fingerprint density at radius 1 is 1.50 bits per heavy atom. The van der Waals surface area contributed by atoms with Crippen LogP contribution in [0.1, 0.15) is 21.3 Å². The second-order valence-electron chi connectivity index (χ2n) is 2.86. The van der Waals surface area contributed by atoms with Gasteiger partial charge in [-0.15, -0.1) is 11.3 Å². The van der Waals surface area contributed by atoms with Crippen molar-refractivity contribution in [2.24, 2.45) is 0 Å². The van der Waals surface area contributed by atoms with Gasteiger partial charge in [-0.05, 0) is 12.1 Å². The van der Waals surface area contributed by atoms with E-state index in [1.165, 1.54) is 11.3 Å². The molecule has 0 fully saturated rings. The fourth-order valence-corrected chi connectivity index (χ4v) is 1.92. The molecule has 0 aromatic carbocycles. The minimum absolute atomic E-state index is 0.518. The summed E-state index contributed by atoms with van der Waals surface area (Å²) in [5.74, 6) is 0.952. The third-order valence-electron chi connectivity index (χ3n) is 1.86. The Labute approximate surface area is 85.4 Å². The van der Waals surface area contributed by atoms with Gasteiger partial charge in [0.05, 0.1) is 11.3 Å². The van der Waals surface area contributed by atoms with Crippen LogP contribution in [0.2, 0.25) is 0 Å². The molecule has 0 amide bonds. The van der Waals surface area contributed by atoms with Gasteiger partial charge < -0.3 is 4.42 Å². The summed E-state index contributed by atoms with van der Waals surface area (Å²) in [6.45, 7) is 0. The number of rotatable bonds is 4. The van der Waals surface area contributed by atoms with Crippen LogP contribution in [0.3, 0.4) is 0 Å². The quantitative estimate of drug-likeness (QED) is 0.723. The number of aryl methyl sites for hydroxylation is 2. The van der Waals surface area contributed by atoms with Gasteiger partial charge in [-0.3, -0.25) is 4.79 Å². The molecule has 3 nitrogen and oxygen atoms in total. The number of carbonyl (C=O) groups excluding carboxylic acids is 1. The van der Waals surface area contributed by atoms with Crippen LogP contribution in [0.15, 0.2) is 28.2 Å². The summed E-state index contributed by atoms with van der Waals surface area (Å²) in [4.78, 5) is 14.5. The number of aromatic nitrogens is 1. The molecule has 2 heterocycles. The molecule has 0 saturated heterocycles. The molecular formula is C10H9NO2S. The van der Waals surface area contributed by atoms with Gasteiger partial charge in [0.15, 0.2) is 6.29 Å². The van der Waals surface area contributed by atoms with E-state index in [0.29, 0.717) is 5.69 Å². The Morgan fingerprint density at radius 3 is 3.07 bits per heavy atom. The van der Waals surface area contributed by atoms with E-state index in [4.69, 9.17) is 4.42 Å². The van der Waals surface area contributed by atoms with Crippen molar-refractivity contribution >= 4 is 17.6 Å². The number of carbonyl (C=O) groups is 1. The van der Waals surface area contributed by atoms with Crippen LogP contribution in [0, 0.1) is 0 Å². The molecule has 0 radical (unpaired) electrons. The first-order valence-electron chi connectivity index (χ1n) is 4.30. The van der Waals surface area contributed by atoms with Crippen LogP contribution >= 0.6 is 11.3 Å². The number of hydrogen-bond acceptors (Lipinski definition) is 4. The molecule has 0 aliphatic carbocycles. The maximum Gasteiger partial charge on any atom is 0.169 e. The van der Waals surface area contributed by atoms with Crippen molar-refractivity contribution in [1.82, 2.24) is 4.98 Å². The first-order chi connectivity index (χ1) is 6.88. The highest BCUT2D eigenvalue weighted by atomic mass is 32.1. The fraction of sp³-hybridized carbons (Fsp3) is 0.200. The second kappa shape index (κ2) is 4.19. The van der Waals surface area contributed by atoms with Gasteiger partial charge in [0.25, 0.3) is 0 Å². The summed E-state index contributed by atoms with van der Waals surface area (Å²) in [7, 11) is 0. The van der Waals surface area contributed by atoms with Crippen molar-refractivity contribution in [3.63, 3.8) is 0 Å². The van der Waals surface area contributed by atoms with Crippen LogP contribution in [-0.4, -0.2) is 11.3 Å². The largest absolute Gasteiger partial charge is 0.469 e. The lowest BCUT2D eigenvalue weighted by Crippen LogP contribution is -1.89. The molecule has 72 valence electrons. The van der Waals surface area contributed by atoms with Crippen molar-refractivity contribution in [1.29, 1.82) is 0 Å². The number of nitrogens with zero attached hydrogens (tertiary/aromatic N) is 1. The van der Waals surface area contributed by atoms with Crippen LogP contribution in [0.4, 0.5) is 0 Å². The summed E-state index contributed by atoms with van der Waals surface area (Å²) < 4.78 is 5.20. The number of thiazole rings is 1. The molecule has 0 aliphatic heterocycles. The summed E-state index contributed by atoms with van der Waals surface area (Å²) in [5.41, 5.74) is 0.518. The minimum Gasteiger partial charge on any atom is -0.469 e. The normalized spacial score (nSPS) is 10.3. The lowest BCUT2D eigenvalue weighted by molar-refractivity contribution is 0.111. The molecule has 14 heavy (non-hydrogen) atoms. The second-order valence-corrected chi connectivity index (χ2v) is 3.81. The van der Waals surface area contributed by atoms with E-state index in [-0.39, 0.29) is 0 Å². The SMILES string of the molecule is O=Cc1csc(CCc2ccco2)n1. The third-order valence-corrected chi connectivity index (χ3v) is 2.78. The van der Waals surface area contributed by atoms with E-state index in [9.17, 15) is 4.79 Å². The predicted molar refractivity (Wildman–Crippen MR) is 53.6 cm³/mol. The first-order valence-corrected chi connectivity index (χ1v) is 5.18. The van der Waals surface area contributed by atoms with Crippen molar-refractivity contribution in [2.45, 2.75) is 12.8 Å². The van der Waals surface area contributed by atoms with Crippen molar-refractivity contribution in [3.8, 4) is 0 Å². The maximum absolute atomic E-state index is 10.4. The van der Waals surface area contributed by atoms with E-state index in [0.717, 1.165) is 29.9 Å². The van der Waals surface area contributed by atoms with Gasteiger partial charge in [0, 0.05) is 18.2 Å². The summed E-state index contributed by atoms with van der Waals surface area (Å²) >= 11 is 1.51. The summed E-state index contributed by atoms with van der Waals surface area (Å²) in [6, 6.07) is 3.81. The molecule has 0 unspecified atom stereocenters. The van der Waals surface area contributed by atoms with E-state index in [2.05, 4.69) is 4.98 Å². The zero-order valence-electron chi connectivity index (χ0n) is 7.47. The van der Waals surface area contributed by atoms with Gasteiger partial charge >= 0.3 is 0 Å². The topological polar surface area (TPSA) is 43.1 Å². The Kier molecular flexibility index (Phi) is 2.74. The molecule has 2 aromatic heterocycles. The molecule has 0 spiro atoms. The van der Waals surface area contributed by atoms with Gasteiger partial charge in [0.1, 0.15) is 11.5 Å². The molecule has 0 N–H and O–H groups in total. The van der Waals surface area contributed by atoms with Crippen LogP contribution < -0.4 is 0 Å². The zero-order valence-corrected chi connectivity index (χ0v) is 8.29. The molecule has 0 atom stereocenters. The van der Waals surface area contributed by atoms with Crippen LogP contribution in [0.25, 0.3) is 0 Å². The number of hydrogen-bond donors (Lipinski definition) is 0. The highest BCUT2D eigenvalue weighted by molar-refractivity contribution is 7.09. The fourth-order valence-electron chi connectivity index (χ4n) is 1.18. The third kappa shape index (κ3) is 2.09. The highest BCUT2D eigenvalue weighted by Gasteiger charge is 2.02. The number of aldehydes is 1. The van der Waals surface area contributed by atoms with E-state index in [1.807, 2.05) is 12.1 Å². The average Bonchev–Trinajstić information content (AvgIpc) is 2.86. The Hall–Kier alpha value is -1.42. The van der Waals surface area contributed by atoms with E-state index < -0.39 is 0 Å². The van der Waals surface area contributed by atoms with Crippen molar-refractivity contribution in [3.05, 3.63) is 40.2 Å². The Morgan fingerprint density at radius 2 is 2.43 bits per heavy atom. The molecule has 2 aromatic rings. The van der Waals surface area contributed by atoms with Gasteiger partial charge in [0.2, 0.25) is 0 Å². The maximum atomic E-state index is 10.4. The molecule has 4 heteroatoms.